The Labute approximate surface area is 99.1 Å². The van der Waals surface area contributed by atoms with Crippen molar-refractivity contribution in [3.8, 4) is 0 Å². The number of rotatable bonds is 2. The second-order valence-electron chi connectivity index (χ2n) is 2.22. The quantitative estimate of drug-likeness (QED) is 0.450. The van der Waals surface area contributed by atoms with Crippen molar-refractivity contribution in [2.45, 2.75) is 6.43 Å². The molecule has 0 spiro atoms. The molecule has 1 rings (SSSR count). The van der Waals surface area contributed by atoms with Crippen LogP contribution in [0.25, 0.3) is 0 Å². The van der Waals surface area contributed by atoms with Crippen molar-refractivity contribution in [1.29, 1.82) is 0 Å². The van der Waals surface area contributed by atoms with Crippen LogP contribution in [0.4, 0.5) is 14.6 Å². The highest BCUT2D eigenvalue weighted by atomic mass is 127. The Morgan fingerprint density at radius 3 is 2.64 bits per heavy atom. The van der Waals surface area contributed by atoms with Gasteiger partial charge in [0, 0.05) is 3.57 Å². The fraction of sp³-hybridized carbons (Fsp3) is 0.167. The van der Waals surface area contributed by atoms with Crippen molar-refractivity contribution < 1.29 is 13.7 Å². The van der Waals surface area contributed by atoms with E-state index in [1.807, 2.05) is 0 Å². The fourth-order valence-electron chi connectivity index (χ4n) is 0.742. The van der Waals surface area contributed by atoms with Crippen LogP contribution in [0, 0.1) is 13.7 Å². The highest BCUT2D eigenvalue weighted by Crippen LogP contribution is 2.31. The molecule has 0 saturated carbocycles. The minimum absolute atomic E-state index is 0.0960. The molecule has 0 aliphatic rings. The molecule has 8 heteroatoms. The zero-order valence-electron chi connectivity index (χ0n) is 6.38. The van der Waals surface area contributed by atoms with Gasteiger partial charge in [-0.05, 0) is 48.4 Å². The Morgan fingerprint density at radius 2 is 2.21 bits per heavy atom. The van der Waals surface area contributed by atoms with Gasteiger partial charge in [0.15, 0.2) is 0 Å². The molecule has 0 bridgehead atoms. The summed E-state index contributed by atoms with van der Waals surface area (Å²) >= 11 is 4.61. The zero-order chi connectivity index (χ0) is 10.9. The second-order valence-corrected chi connectivity index (χ2v) is 4.17. The number of nitrogens with zero attached hydrogens (tertiary/aromatic N) is 2. The van der Waals surface area contributed by atoms with Gasteiger partial charge in [0.1, 0.15) is 0 Å². The molecule has 14 heavy (non-hydrogen) atoms. The summed E-state index contributed by atoms with van der Waals surface area (Å²) in [5.41, 5.74) is -0.608. The van der Waals surface area contributed by atoms with Crippen molar-refractivity contribution in [2.24, 2.45) is 0 Å². The molecule has 0 atom stereocenters. The van der Waals surface area contributed by atoms with Gasteiger partial charge in [-0.3, -0.25) is 0 Å². The van der Waals surface area contributed by atoms with Crippen LogP contribution >= 0.6 is 38.5 Å². The first-order valence-corrected chi connectivity index (χ1v) is 5.09. The first-order valence-electron chi connectivity index (χ1n) is 3.22. The van der Waals surface area contributed by atoms with E-state index in [4.69, 9.17) is 0 Å². The Morgan fingerprint density at radius 1 is 1.64 bits per heavy atom. The minimum atomic E-state index is -2.84. The van der Waals surface area contributed by atoms with E-state index in [1.54, 1.807) is 22.6 Å². The summed E-state index contributed by atoms with van der Waals surface area (Å²) in [6, 6.07) is 1.12. The smallest absolute Gasteiger partial charge is 0.358 e. The van der Waals surface area contributed by atoms with Gasteiger partial charge in [0.05, 0.1) is 10.5 Å². The molecule has 0 unspecified atom stereocenters. The maximum Gasteiger partial charge on any atom is 0.365 e. The Hall–Kier alpha value is -0.380. The highest BCUT2D eigenvalue weighted by Gasteiger charge is 2.24. The van der Waals surface area contributed by atoms with E-state index in [0.29, 0.717) is 3.57 Å². The number of halogens is 4. The highest BCUT2D eigenvalue weighted by molar-refractivity contribution is 14.1. The van der Waals surface area contributed by atoms with Crippen LogP contribution in [0.3, 0.4) is 0 Å². The van der Waals surface area contributed by atoms with Crippen LogP contribution < -0.4 is 0 Å². The van der Waals surface area contributed by atoms with Gasteiger partial charge in [0.25, 0.3) is 0 Å². The molecule has 0 amide bonds. The number of hydrogen-bond donors (Lipinski definition) is 0. The van der Waals surface area contributed by atoms with Gasteiger partial charge in [-0.25, -0.2) is 8.78 Å². The van der Waals surface area contributed by atoms with E-state index in [1.165, 1.54) is 0 Å². The van der Waals surface area contributed by atoms with E-state index in [2.05, 4.69) is 20.9 Å². The number of aromatic nitrogens is 1. The molecule has 0 aromatic carbocycles. The normalized spacial score (nSPS) is 10.6. The van der Waals surface area contributed by atoms with Gasteiger partial charge in [-0.15, -0.1) is 0 Å². The molecule has 1 aromatic heterocycles. The lowest BCUT2D eigenvalue weighted by atomic mass is 10.3. The van der Waals surface area contributed by atoms with Crippen LogP contribution in [-0.2, 0) is 0 Å². The molecule has 0 aliphatic heterocycles. The molecule has 0 N–H and O–H groups in total. The molecule has 0 aliphatic carbocycles. The molecule has 1 heterocycles. The monoisotopic (exact) mass is 378 g/mol. The molecular formula is C6H2BrF2IN2O2. The summed E-state index contributed by atoms with van der Waals surface area (Å²) in [5.74, 6) is -0.576. The number of pyridine rings is 1. The maximum absolute atomic E-state index is 12.3. The largest absolute Gasteiger partial charge is 0.365 e. The lowest BCUT2D eigenvalue weighted by molar-refractivity contribution is -0.389. The van der Waals surface area contributed by atoms with Gasteiger partial charge in [-0.1, -0.05) is 0 Å². The molecule has 4 nitrogen and oxygen atoms in total. The number of nitro groups is 1. The lowest BCUT2D eigenvalue weighted by Gasteiger charge is -2.00. The van der Waals surface area contributed by atoms with Crippen LogP contribution in [0.2, 0.25) is 0 Å². The molecule has 76 valence electrons. The van der Waals surface area contributed by atoms with Gasteiger partial charge >= 0.3 is 12.2 Å². The first kappa shape index (κ1) is 11.7. The summed E-state index contributed by atoms with van der Waals surface area (Å²) in [7, 11) is 0. The Bertz CT molecular complexity index is 388. The third-order valence-electron chi connectivity index (χ3n) is 1.32. The molecule has 0 fully saturated rings. The van der Waals surface area contributed by atoms with Crippen molar-refractivity contribution >= 4 is 44.3 Å². The second kappa shape index (κ2) is 4.43. The number of hydrogen-bond acceptors (Lipinski definition) is 3. The van der Waals surface area contributed by atoms with Crippen LogP contribution in [0.15, 0.2) is 10.5 Å². The Balaban J connectivity index is 3.35. The third-order valence-corrected chi connectivity index (χ3v) is 3.74. The van der Waals surface area contributed by atoms with Crippen LogP contribution in [-0.4, -0.2) is 9.91 Å². The number of alkyl halides is 2. The SMILES string of the molecule is O=[N+]([O-])c1cc(I)c(Br)c(C(F)F)n1. The van der Waals surface area contributed by atoms with Crippen molar-refractivity contribution in [3.05, 3.63) is 29.9 Å². The predicted molar refractivity (Wildman–Crippen MR) is 56.3 cm³/mol. The standard InChI is InChI=1S/C6H2BrF2IN2O2/c7-4-2(10)1-3(12(13)14)11-5(4)6(8)9/h1,6H. The van der Waals surface area contributed by atoms with Crippen molar-refractivity contribution in [3.63, 3.8) is 0 Å². The van der Waals surface area contributed by atoms with E-state index < -0.39 is 22.9 Å². The Kier molecular flexibility index (Phi) is 3.70. The summed E-state index contributed by atoms with van der Waals surface area (Å²) < 4.78 is 25.1. The van der Waals surface area contributed by atoms with Gasteiger partial charge in [0.2, 0.25) is 5.69 Å². The van der Waals surface area contributed by atoms with E-state index >= 15 is 0 Å². The summed E-state index contributed by atoms with van der Waals surface area (Å²) in [4.78, 5) is 12.7. The third kappa shape index (κ3) is 2.35. The van der Waals surface area contributed by atoms with Gasteiger partial charge < -0.3 is 10.1 Å². The minimum Gasteiger partial charge on any atom is -0.358 e. The fourth-order valence-corrected chi connectivity index (χ4v) is 1.67. The lowest BCUT2D eigenvalue weighted by Crippen LogP contribution is -2.00. The molecule has 0 radical (unpaired) electrons. The van der Waals surface area contributed by atoms with Crippen LogP contribution in [0.5, 0.6) is 0 Å². The zero-order valence-corrected chi connectivity index (χ0v) is 10.1. The van der Waals surface area contributed by atoms with Crippen molar-refractivity contribution in [1.82, 2.24) is 4.98 Å². The molecule has 1 aromatic rings. The first-order chi connectivity index (χ1) is 6.43. The van der Waals surface area contributed by atoms with Crippen LogP contribution in [0.1, 0.15) is 12.1 Å². The van der Waals surface area contributed by atoms with E-state index in [-0.39, 0.29) is 4.47 Å². The topological polar surface area (TPSA) is 56.0 Å². The van der Waals surface area contributed by atoms with E-state index in [0.717, 1.165) is 6.07 Å². The summed E-state index contributed by atoms with van der Waals surface area (Å²) in [6.07, 6.45) is -2.84. The van der Waals surface area contributed by atoms with E-state index in [9.17, 15) is 18.9 Å². The predicted octanol–water partition coefficient (Wildman–Crippen LogP) is 3.29. The molecular weight excluding hydrogens is 377 g/mol. The maximum atomic E-state index is 12.3. The van der Waals surface area contributed by atoms with Gasteiger partial charge in [-0.2, -0.15) is 0 Å². The molecule has 0 saturated heterocycles. The average molecular weight is 379 g/mol. The average Bonchev–Trinajstić information content (AvgIpc) is 2.08. The summed E-state index contributed by atoms with van der Waals surface area (Å²) in [5, 5.41) is 10.3. The summed E-state index contributed by atoms with van der Waals surface area (Å²) in [6.45, 7) is 0. The van der Waals surface area contributed by atoms with Crippen molar-refractivity contribution in [2.75, 3.05) is 0 Å².